The lowest BCUT2D eigenvalue weighted by molar-refractivity contribution is 0.0845. The Kier molecular flexibility index (Phi) is 6.60. The molecular formula is C13H24N4O. The molecule has 0 aliphatic heterocycles. The smallest absolute Gasteiger partial charge is 0.147 e. The van der Waals surface area contributed by atoms with Crippen LogP contribution in [0.1, 0.15) is 26.5 Å². The van der Waals surface area contributed by atoms with Crippen molar-refractivity contribution in [3.05, 3.63) is 18.1 Å². The third-order valence-corrected chi connectivity index (χ3v) is 2.50. The molecule has 1 rings (SSSR count). The molecule has 102 valence electrons. The Hall–Kier alpha value is -1.20. The number of likely N-dealkylation sites (N-methyl/N-ethyl adjacent to an activating group) is 1. The molecule has 5 nitrogen and oxygen atoms in total. The molecule has 0 unspecified atom stereocenters. The van der Waals surface area contributed by atoms with E-state index in [1.807, 2.05) is 20.9 Å². The zero-order chi connectivity index (χ0) is 13.4. The number of rotatable bonds is 8. The van der Waals surface area contributed by atoms with Gasteiger partial charge in [0, 0.05) is 26.3 Å². The Bertz CT molecular complexity index is 344. The minimum atomic E-state index is 0.268. The zero-order valence-electron chi connectivity index (χ0n) is 11.8. The van der Waals surface area contributed by atoms with Crippen molar-refractivity contribution in [2.75, 3.05) is 31.6 Å². The SMILES string of the molecule is CCNCc1cncc(N(C)CCOC(C)C)n1. The summed E-state index contributed by atoms with van der Waals surface area (Å²) in [5.41, 5.74) is 0.964. The number of aromatic nitrogens is 2. The summed E-state index contributed by atoms with van der Waals surface area (Å²) in [6, 6.07) is 0. The van der Waals surface area contributed by atoms with E-state index in [1.54, 1.807) is 12.4 Å². The lowest BCUT2D eigenvalue weighted by Crippen LogP contribution is -2.25. The van der Waals surface area contributed by atoms with E-state index in [1.165, 1.54) is 0 Å². The van der Waals surface area contributed by atoms with Gasteiger partial charge < -0.3 is 15.0 Å². The maximum atomic E-state index is 5.53. The van der Waals surface area contributed by atoms with E-state index >= 15 is 0 Å². The minimum Gasteiger partial charge on any atom is -0.377 e. The highest BCUT2D eigenvalue weighted by atomic mass is 16.5. The fraction of sp³-hybridized carbons (Fsp3) is 0.692. The van der Waals surface area contributed by atoms with E-state index in [0.717, 1.165) is 31.1 Å². The molecule has 0 atom stereocenters. The first-order chi connectivity index (χ1) is 8.63. The van der Waals surface area contributed by atoms with Crippen molar-refractivity contribution < 1.29 is 4.74 Å². The monoisotopic (exact) mass is 252 g/mol. The summed E-state index contributed by atoms with van der Waals surface area (Å²) in [5.74, 6) is 0.887. The highest BCUT2D eigenvalue weighted by Crippen LogP contribution is 2.07. The standard InChI is InChI=1S/C13H24N4O/c1-5-14-8-12-9-15-10-13(16-12)17(4)6-7-18-11(2)3/h9-11,14H,5-8H2,1-4H3. The molecule has 1 aromatic heterocycles. The maximum Gasteiger partial charge on any atom is 0.147 e. The summed E-state index contributed by atoms with van der Waals surface area (Å²) >= 11 is 0. The molecule has 1 aromatic rings. The highest BCUT2D eigenvalue weighted by molar-refractivity contribution is 5.34. The Labute approximate surface area is 110 Å². The molecule has 0 radical (unpaired) electrons. The van der Waals surface area contributed by atoms with Crippen molar-refractivity contribution in [3.8, 4) is 0 Å². The summed E-state index contributed by atoms with van der Waals surface area (Å²) in [6.45, 7) is 9.36. The third-order valence-electron chi connectivity index (χ3n) is 2.50. The minimum absolute atomic E-state index is 0.268. The van der Waals surface area contributed by atoms with Gasteiger partial charge in [0.2, 0.25) is 0 Å². The topological polar surface area (TPSA) is 50.3 Å². The summed E-state index contributed by atoms with van der Waals surface area (Å²) in [5, 5.41) is 3.24. The van der Waals surface area contributed by atoms with Crippen LogP contribution in [0.3, 0.4) is 0 Å². The average molecular weight is 252 g/mol. The average Bonchev–Trinajstić information content (AvgIpc) is 2.36. The second-order valence-electron chi connectivity index (χ2n) is 4.49. The molecule has 0 spiro atoms. The molecule has 18 heavy (non-hydrogen) atoms. The molecule has 0 fully saturated rings. The second-order valence-corrected chi connectivity index (χ2v) is 4.49. The van der Waals surface area contributed by atoms with Crippen LogP contribution >= 0.6 is 0 Å². The predicted molar refractivity (Wildman–Crippen MR) is 73.8 cm³/mol. The van der Waals surface area contributed by atoms with Crippen molar-refractivity contribution in [2.45, 2.75) is 33.4 Å². The van der Waals surface area contributed by atoms with E-state index in [2.05, 4.69) is 27.1 Å². The summed E-state index contributed by atoms with van der Waals surface area (Å²) in [6.07, 6.45) is 3.85. The van der Waals surface area contributed by atoms with E-state index < -0.39 is 0 Å². The van der Waals surface area contributed by atoms with Crippen molar-refractivity contribution in [2.24, 2.45) is 0 Å². The number of anilines is 1. The van der Waals surface area contributed by atoms with E-state index in [9.17, 15) is 0 Å². The van der Waals surface area contributed by atoms with Gasteiger partial charge in [-0.1, -0.05) is 6.92 Å². The van der Waals surface area contributed by atoms with Crippen LogP contribution < -0.4 is 10.2 Å². The van der Waals surface area contributed by atoms with Gasteiger partial charge in [-0.2, -0.15) is 0 Å². The van der Waals surface area contributed by atoms with Crippen LogP contribution in [-0.4, -0.2) is 42.8 Å². The first kappa shape index (κ1) is 14.9. The van der Waals surface area contributed by atoms with Crippen LogP contribution in [0.15, 0.2) is 12.4 Å². The van der Waals surface area contributed by atoms with Crippen LogP contribution in [0.5, 0.6) is 0 Å². The van der Waals surface area contributed by atoms with Crippen LogP contribution in [0.25, 0.3) is 0 Å². The van der Waals surface area contributed by atoms with Gasteiger partial charge in [0.1, 0.15) is 5.82 Å². The predicted octanol–water partition coefficient (Wildman–Crippen LogP) is 1.45. The number of ether oxygens (including phenoxy) is 1. The molecule has 0 aliphatic rings. The van der Waals surface area contributed by atoms with Gasteiger partial charge in [0.15, 0.2) is 0 Å². The first-order valence-corrected chi connectivity index (χ1v) is 6.47. The molecule has 0 aliphatic carbocycles. The lowest BCUT2D eigenvalue weighted by atomic mass is 10.4. The molecule has 1 heterocycles. The van der Waals surface area contributed by atoms with Crippen LogP contribution in [0.4, 0.5) is 5.82 Å². The quantitative estimate of drug-likeness (QED) is 0.759. The Morgan fingerprint density at radius 1 is 1.39 bits per heavy atom. The third kappa shape index (κ3) is 5.42. The largest absolute Gasteiger partial charge is 0.377 e. The molecule has 1 N–H and O–H groups in total. The summed E-state index contributed by atoms with van der Waals surface area (Å²) in [4.78, 5) is 10.8. The van der Waals surface area contributed by atoms with Gasteiger partial charge >= 0.3 is 0 Å². The molecule has 0 saturated heterocycles. The molecule has 5 heteroatoms. The maximum absolute atomic E-state index is 5.53. The Balaban J connectivity index is 2.48. The van der Waals surface area contributed by atoms with E-state index in [4.69, 9.17) is 4.74 Å². The Morgan fingerprint density at radius 3 is 2.83 bits per heavy atom. The molecule has 0 aromatic carbocycles. The van der Waals surface area contributed by atoms with Gasteiger partial charge in [-0.05, 0) is 20.4 Å². The van der Waals surface area contributed by atoms with Crippen molar-refractivity contribution in [1.29, 1.82) is 0 Å². The van der Waals surface area contributed by atoms with Crippen molar-refractivity contribution in [1.82, 2.24) is 15.3 Å². The number of hydrogen-bond acceptors (Lipinski definition) is 5. The molecular weight excluding hydrogens is 228 g/mol. The summed E-state index contributed by atoms with van der Waals surface area (Å²) < 4.78 is 5.53. The Morgan fingerprint density at radius 2 is 2.17 bits per heavy atom. The first-order valence-electron chi connectivity index (χ1n) is 6.47. The van der Waals surface area contributed by atoms with Gasteiger partial charge in [-0.25, -0.2) is 4.98 Å². The molecule has 0 amide bonds. The number of nitrogens with zero attached hydrogens (tertiary/aromatic N) is 3. The van der Waals surface area contributed by atoms with Crippen LogP contribution in [0, 0.1) is 0 Å². The fourth-order valence-electron chi connectivity index (χ4n) is 1.46. The number of hydrogen-bond donors (Lipinski definition) is 1. The van der Waals surface area contributed by atoms with Gasteiger partial charge in [-0.3, -0.25) is 4.98 Å². The van der Waals surface area contributed by atoms with Crippen molar-refractivity contribution >= 4 is 5.82 Å². The molecule has 0 bridgehead atoms. The van der Waals surface area contributed by atoms with Crippen molar-refractivity contribution in [3.63, 3.8) is 0 Å². The van der Waals surface area contributed by atoms with Crippen LogP contribution in [-0.2, 0) is 11.3 Å². The van der Waals surface area contributed by atoms with Crippen LogP contribution in [0.2, 0.25) is 0 Å². The lowest BCUT2D eigenvalue weighted by Gasteiger charge is -2.19. The second kappa shape index (κ2) is 8.00. The summed E-state index contributed by atoms with van der Waals surface area (Å²) in [7, 11) is 2.00. The van der Waals surface area contributed by atoms with Gasteiger partial charge in [0.05, 0.1) is 24.6 Å². The zero-order valence-corrected chi connectivity index (χ0v) is 11.8. The fourth-order valence-corrected chi connectivity index (χ4v) is 1.46. The van der Waals surface area contributed by atoms with E-state index in [0.29, 0.717) is 6.61 Å². The van der Waals surface area contributed by atoms with E-state index in [-0.39, 0.29) is 6.10 Å². The molecule has 0 saturated carbocycles. The highest BCUT2D eigenvalue weighted by Gasteiger charge is 2.04. The van der Waals surface area contributed by atoms with Gasteiger partial charge in [-0.15, -0.1) is 0 Å². The number of nitrogens with one attached hydrogen (secondary N) is 1. The van der Waals surface area contributed by atoms with Gasteiger partial charge in [0.25, 0.3) is 0 Å². The normalized spacial score (nSPS) is 10.9.